The molecule has 0 radical (unpaired) electrons. The van der Waals surface area contributed by atoms with Crippen LogP contribution in [0, 0.1) is 0 Å². The van der Waals surface area contributed by atoms with Crippen LogP contribution in [0.2, 0.25) is 5.02 Å². The molecule has 1 heterocycles. The third kappa shape index (κ3) is 6.30. The Kier molecular flexibility index (Phi) is 7.35. The van der Waals surface area contributed by atoms with Crippen molar-refractivity contribution in [3.63, 3.8) is 0 Å². The minimum absolute atomic E-state index is 0.0162. The van der Waals surface area contributed by atoms with Gasteiger partial charge in [0, 0.05) is 0 Å². The van der Waals surface area contributed by atoms with Crippen LogP contribution < -0.4 is 5.32 Å². The molecule has 0 saturated carbocycles. The van der Waals surface area contributed by atoms with Gasteiger partial charge < -0.3 is 0 Å². The van der Waals surface area contributed by atoms with Gasteiger partial charge in [-0.25, -0.2) is 0 Å². The van der Waals surface area contributed by atoms with Gasteiger partial charge in [-0.2, -0.15) is 0 Å². The van der Waals surface area contributed by atoms with E-state index in [1.54, 1.807) is 12.1 Å². The first kappa shape index (κ1) is 21.3. The Morgan fingerprint density at radius 1 is 1.33 bits per heavy atom. The third-order valence-electron chi connectivity index (χ3n) is 3.40. The quantitative estimate of drug-likeness (QED) is 0.319. The number of esters is 1. The Morgan fingerprint density at radius 3 is 2.67 bits per heavy atom. The zero-order chi connectivity index (χ0) is 20.0. The number of carboxylic acid groups (broad SMARTS) is 1. The van der Waals surface area contributed by atoms with E-state index >= 15 is 0 Å². The summed E-state index contributed by atoms with van der Waals surface area (Å²) in [6.07, 6.45) is 1.50. The number of nitrogens with one attached hydrogen (secondary N) is 1. The van der Waals surface area contributed by atoms with Crippen LogP contribution in [-0.4, -0.2) is 47.8 Å². The Bertz CT molecular complexity index is 928. The Balaban J connectivity index is 2.26. The molecule has 0 saturated heterocycles. The number of carbonyl (C=O) groups excluding carboxylic acids is 1. The molecule has 1 unspecified atom stereocenters. The molecule has 1 atom stereocenters. The summed E-state index contributed by atoms with van der Waals surface area (Å²) in [7, 11) is -3.60. The van der Waals surface area contributed by atoms with Crippen LogP contribution in [0.3, 0.4) is 0 Å². The van der Waals surface area contributed by atoms with Gasteiger partial charge in [0.15, 0.2) is 0 Å². The number of anilines is 1. The van der Waals surface area contributed by atoms with Crippen LogP contribution in [0.5, 0.6) is 0 Å². The minimum atomic E-state index is -3.60. The van der Waals surface area contributed by atoms with Crippen LogP contribution in [0.1, 0.15) is 29.0 Å². The molecule has 8 nitrogen and oxygen atoms in total. The first-order valence-corrected chi connectivity index (χ1v) is 12.6. The van der Waals surface area contributed by atoms with Gasteiger partial charge in [0.25, 0.3) is 0 Å². The van der Waals surface area contributed by atoms with Crippen molar-refractivity contribution in [3.05, 3.63) is 46.9 Å². The molecule has 1 aromatic carbocycles. The SMILES string of the molecule is O=C(O)CCCOC(=O)c1cc(S(=O)(=O)[AsH2])c(Cl)cc1NCc1ccco1. The number of hydrogen-bond acceptors (Lipinski definition) is 7. The van der Waals surface area contributed by atoms with E-state index in [1.807, 2.05) is 0 Å². The van der Waals surface area contributed by atoms with Crippen molar-refractivity contribution in [3.8, 4) is 0 Å². The summed E-state index contributed by atoms with van der Waals surface area (Å²) in [5, 5.41) is 11.6. The number of carboxylic acids is 1. The second kappa shape index (κ2) is 9.30. The fourth-order valence-electron chi connectivity index (χ4n) is 2.15. The summed E-state index contributed by atoms with van der Waals surface area (Å²) < 4.78 is 34.1. The average Bonchev–Trinajstić information content (AvgIpc) is 3.08. The van der Waals surface area contributed by atoms with Crippen molar-refractivity contribution < 1.29 is 32.3 Å². The number of aliphatic carboxylic acids is 1. The Morgan fingerprint density at radius 2 is 2.07 bits per heavy atom. The summed E-state index contributed by atoms with van der Waals surface area (Å²) >= 11 is 6.52. The summed E-state index contributed by atoms with van der Waals surface area (Å²) in [5.74, 6) is -1.18. The third-order valence-corrected chi connectivity index (χ3v) is 6.37. The van der Waals surface area contributed by atoms with Gasteiger partial charge in [-0.1, -0.05) is 0 Å². The van der Waals surface area contributed by atoms with Crippen LogP contribution in [0.4, 0.5) is 5.69 Å². The Labute approximate surface area is 168 Å². The van der Waals surface area contributed by atoms with Gasteiger partial charge in [0.05, 0.1) is 0 Å². The van der Waals surface area contributed by atoms with Crippen LogP contribution in [0.15, 0.2) is 39.8 Å². The number of carbonyl (C=O) groups is 2. The van der Waals surface area contributed by atoms with Crippen LogP contribution in [-0.2, 0) is 24.2 Å². The molecule has 27 heavy (non-hydrogen) atoms. The van der Waals surface area contributed by atoms with E-state index in [1.165, 1.54) is 12.3 Å². The normalized spacial score (nSPS) is 11.2. The van der Waals surface area contributed by atoms with Crippen molar-refractivity contribution in [2.45, 2.75) is 24.3 Å². The number of hydrogen-bond donors (Lipinski definition) is 2. The molecule has 0 fully saturated rings. The van der Waals surface area contributed by atoms with Gasteiger partial charge >= 0.3 is 168 Å². The topological polar surface area (TPSA) is 123 Å². The fourth-order valence-corrected chi connectivity index (χ4v) is 4.94. The van der Waals surface area contributed by atoms with E-state index in [4.69, 9.17) is 25.9 Å². The first-order chi connectivity index (χ1) is 12.7. The molecule has 0 bridgehead atoms. The molecule has 0 aliphatic heterocycles. The van der Waals surface area contributed by atoms with Crippen molar-refractivity contribution in [2.24, 2.45) is 0 Å². The summed E-state index contributed by atoms with van der Waals surface area (Å²) in [4.78, 5) is 22.7. The number of rotatable bonds is 9. The number of halogens is 1. The van der Waals surface area contributed by atoms with Crippen molar-refractivity contribution in [2.75, 3.05) is 11.9 Å². The average molecular weight is 478 g/mol. The second-order valence-electron chi connectivity index (χ2n) is 5.44. The molecule has 0 amide bonds. The van der Waals surface area contributed by atoms with Gasteiger partial charge in [-0.15, -0.1) is 0 Å². The molecule has 2 rings (SSSR count). The molecule has 2 N–H and O–H groups in total. The van der Waals surface area contributed by atoms with Crippen LogP contribution >= 0.6 is 11.6 Å². The van der Waals surface area contributed by atoms with E-state index in [2.05, 4.69) is 5.32 Å². The van der Waals surface area contributed by atoms with Gasteiger partial charge in [0.2, 0.25) is 0 Å². The van der Waals surface area contributed by atoms with E-state index in [9.17, 15) is 18.0 Å². The molecular weight excluding hydrogens is 461 g/mol. The zero-order valence-corrected chi connectivity index (χ0v) is 18.0. The van der Waals surface area contributed by atoms with Crippen molar-refractivity contribution in [1.29, 1.82) is 0 Å². The number of furan rings is 1. The molecule has 1 aromatic heterocycles. The maximum absolute atomic E-state index is 12.4. The van der Waals surface area contributed by atoms with Crippen LogP contribution in [0.25, 0.3) is 0 Å². The molecule has 0 aliphatic carbocycles. The zero-order valence-electron chi connectivity index (χ0n) is 14.0. The van der Waals surface area contributed by atoms with E-state index in [0.29, 0.717) is 21.5 Å². The van der Waals surface area contributed by atoms with E-state index < -0.39 is 20.0 Å². The predicted octanol–water partition coefficient (Wildman–Crippen LogP) is 1.89. The first-order valence-electron chi connectivity index (χ1n) is 7.70. The Hall–Kier alpha value is -1.96. The molecular formula is C16H17AsClNO7S. The second-order valence-corrected chi connectivity index (χ2v) is 11.3. The van der Waals surface area contributed by atoms with Crippen molar-refractivity contribution in [1.82, 2.24) is 0 Å². The molecule has 11 heteroatoms. The van der Waals surface area contributed by atoms with Crippen molar-refractivity contribution >= 4 is 53.0 Å². The molecule has 0 aliphatic rings. The molecule has 146 valence electrons. The van der Waals surface area contributed by atoms with E-state index in [0.717, 1.165) is 6.07 Å². The number of ether oxygens (including phenoxy) is 1. The van der Waals surface area contributed by atoms with Gasteiger partial charge in [-0.05, 0) is 0 Å². The van der Waals surface area contributed by atoms with E-state index in [-0.39, 0.29) is 47.2 Å². The molecule has 2 aromatic rings. The summed E-state index contributed by atoms with van der Waals surface area (Å²) in [6.45, 7) is 0.133. The number of benzene rings is 1. The monoisotopic (exact) mass is 477 g/mol. The molecule has 0 spiro atoms. The summed E-state index contributed by atoms with van der Waals surface area (Å²) in [6, 6.07) is 5.93. The standard InChI is InChI=1S/C16H17AsClNO7S/c17-27(23,24)14-7-11(16(22)26-6-2-4-15(20)21)13(8-12(14)18)19-9-10-3-1-5-25-10/h1,3,5,7-8,19H,2,4,6,9,17H2,(H,20,21). The fraction of sp³-hybridized carbons (Fsp3) is 0.250. The van der Waals surface area contributed by atoms with Gasteiger partial charge in [0.1, 0.15) is 0 Å². The summed E-state index contributed by atoms with van der Waals surface area (Å²) in [5.41, 5.74) is 0.261. The van der Waals surface area contributed by atoms with Gasteiger partial charge in [-0.3, -0.25) is 0 Å². The predicted molar refractivity (Wildman–Crippen MR) is 100 cm³/mol. The maximum atomic E-state index is 12.4.